The van der Waals surface area contributed by atoms with Crippen molar-refractivity contribution in [2.45, 2.75) is 46.5 Å². The lowest BCUT2D eigenvalue weighted by molar-refractivity contribution is -0.121. The molecule has 3 heteroatoms. The molecule has 0 aromatic rings. The van der Waals surface area contributed by atoms with Crippen molar-refractivity contribution in [2.24, 2.45) is 5.92 Å². The number of hydrogen-bond acceptors (Lipinski definition) is 3. The summed E-state index contributed by atoms with van der Waals surface area (Å²) in [5.41, 5.74) is 0.619. The lowest BCUT2D eigenvalue weighted by atomic mass is 9.96. The van der Waals surface area contributed by atoms with Crippen molar-refractivity contribution >= 4 is 0 Å². The van der Waals surface area contributed by atoms with Crippen LogP contribution in [0.2, 0.25) is 0 Å². The van der Waals surface area contributed by atoms with Gasteiger partial charge in [0.15, 0.2) is 6.29 Å². The molecule has 1 N–H and O–H groups in total. The third kappa shape index (κ3) is 4.78. The zero-order chi connectivity index (χ0) is 11.8. The lowest BCUT2D eigenvalue weighted by Gasteiger charge is -2.26. The molecule has 0 saturated carbocycles. The fourth-order valence-corrected chi connectivity index (χ4v) is 1.29. The van der Waals surface area contributed by atoms with Crippen molar-refractivity contribution < 1.29 is 14.6 Å². The molecule has 0 bridgehead atoms. The van der Waals surface area contributed by atoms with Gasteiger partial charge in [-0.2, -0.15) is 0 Å². The van der Waals surface area contributed by atoms with Gasteiger partial charge in [0.2, 0.25) is 0 Å². The van der Waals surface area contributed by atoms with E-state index in [-0.39, 0.29) is 5.92 Å². The van der Waals surface area contributed by atoms with Gasteiger partial charge in [-0.1, -0.05) is 26.8 Å². The monoisotopic (exact) mass is 216 g/mol. The number of hydrogen-bond donors (Lipinski definition) is 1. The first-order valence-electron chi connectivity index (χ1n) is 5.68. The first-order valence-corrected chi connectivity index (χ1v) is 5.68. The average molecular weight is 216 g/mol. The Hall–Kier alpha value is -0.380. The van der Waals surface area contributed by atoms with E-state index in [1.807, 2.05) is 27.7 Å². The SMILES string of the molecule is C=C(C(OCC)OCC)[C@H](O)[C@@H](C)CC. The summed E-state index contributed by atoms with van der Waals surface area (Å²) < 4.78 is 10.8. The van der Waals surface area contributed by atoms with E-state index in [4.69, 9.17) is 9.47 Å². The van der Waals surface area contributed by atoms with Crippen LogP contribution in [0.3, 0.4) is 0 Å². The van der Waals surface area contributed by atoms with Crippen molar-refractivity contribution in [1.29, 1.82) is 0 Å². The lowest BCUT2D eigenvalue weighted by Crippen LogP contribution is -2.30. The van der Waals surface area contributed by atoms with Crippen LogP contribution in [0.15, 0.2) is 12.2 Å². The van der Waals surface area contributed by atoms with Gasteiger partial charge in [0.25, 0.3) is 0 Å². The predicted octanol–water partition coefficient (Wildman–Crippen LogP) is 2.35. The minimum atomic E-state index is -0.557. The van der Waals surface area contributed by atoms with Crippen LogP contribution in [-0.2, 0) is 9.47 Å². The Bertz CT molecular complexity index is 174. The maximum absolute atomic E-state index is 9.95. The van der Waals surface area contributed by atoms with E-state index in [0.29, 0.717) is 18.8 Å². The van der Waals surface area contributed by atoms with Gasteiger partial charge in [-0.3, -0.25) is 0 Å². The molecule has 0 aliphatic heterocycles. The van der Waals surface area contributed by atoms with Gasteiger partial charge in [-0.25, -0.2) is 0 Å². The maximum Gasteiger partial charge on any atom is 0.181 e. The Morgan fingerprint density at radius 2 is 1.67 bits per heavy atom. The van der Waals surface area contributed by atoms with E-state index in [9.17, 15) is 5.11 Å². The fourth-order valence-electron chi connectivity index (χ4n) is 1.29. The van der Waals surface area contributed by atoms with Crippen molar-refractivity contribution in [3.8, 4) is 0 Å². The molecule has 0 heterocycles. The van der Waals surface area contributed by atoms with Crippen molar-refractivity contribution in [2.75, 3.05) is 13.2 Å². The van der Waals surface area contributed by atoms with Crippen molar-refractivity contribution in [1.82, 2.24) is 0 Å². The van der Waals surface area contributed by atoms with Gasteiger partial charge in [-0.05, 0) is 19.8 Å². The van der Waals surface area contributed by atoms with Gasteiger partial charge in [0.1, 0.15) is 0 Å². The van der Waals surface area contributed by atoms with Gasteiger partial charge in [0.05, 0.1) is 6.10 Å². The third-order valence-electron chi connectivity index (χ3n) is 2.50. The normalized spacial score (nSPS) is 15.3. The average Bonchev–Trinajstić information content (AvgIpc) is 2.25. The molecule has 15 heavy (non-hydrogen) atoms. The highest BCUT2D eigenvalue weighted by atomic mass is 16.7. The van der Waals surface area contributed by atoms with E-state index < -0.39 is 12.4 Å². The summed E-state index contributed by atoms with van der Waals surface area (Å²) in [7, 11) is 0. The number of rotatable bonds is 8. The van der Waals surface area contributed by atoms with E-state index >= 15 is 0 Å². The largest absolute Gasteiger partial charge is 0.388 e. The second kappa shape index (κ2) is 7.85. The minimum absolute atomic E-state index is 0.181. The van der Waals surface area contributed by atoms with E-state index in [1.165, 1.54) is 0 Å². The standard InChI is InChI=1S/C12H24O3/c1-6-9(4)11(13)10(5)12(14-7-2)15-8-3/h9,11-13H,5-8H2,1-4H3/t9-,11+/m0/s1. The predicted molar refractivity (Wildman–Crippen MR) is 61.6 cm³/mol. The highest BCUT2D eigenvalue weighted by molar-refractivity contribution is 5.07. The summed E-state index contributed by atoms with van der Waals surface area (Å²) in [5.74, 6) is 0.181. The Morgan fingerprint density at radius 1 is 1.20 bits per heavy atom. The molecule has 0 aromatic carbocycles. The molecule has 0 radical (unpaired) electrons. The number of aliphatic hydroxyl groups is 1. The molecule has 0 spiro atoms. The van der Waals surface area contributed by atoms with Crippen LogP contribution in [0.25, 0.3) is 0 Å². The van der Waals surface area contributed by atoms with Crippen LogP contribution in [-0.4, -0.2) is 30.7 Å². The topological polar surface area (TPSA) is 38.7 Å². The van der Waals surface area contributed by atoms with Crippen LogP contribution >= 0.6 is 0 Å². The molecule has 0 amide bonds. The third-order valence-corrected chi connectivity index (χ3v) is 2.50. The van der Waals surface area contributed by atoms with Crippen molar-refractivity contribution in [3.63, 3.8) is 0 Å². The molecule has 0 aromatic heterocycles. The first kappa shape index (κ1) is 14.6. The molecule has 0 unspecified atom stereocenters. The molecule has 2 atom stereocenters. The summed E-state index contributed by atoms with van der Waals surface area (Å²) >= 11 is 0. The van der Waals surface area contributed by atoms with Gasteiger partial charge < -0.3 is 14.6 Å². The van der Waals surface area contributed by atoms with Gasteiger partial charge >= 0.3 is 0 Å². The molecule has 0 aliphatic carbocycles. The Kier molecular flexibility index (Phi) is 7.65. The zero-order valence-corrected chi connectivity index (χ0v) is 10.3. The Labute approximate surface area is 93.1 Å². The number of aliphatic hydroxyl groups excluding tert-OH is 1. The molecular weight excluding hydrogens is 192 g/mol. The molecule has 90 valence electrons. The van der Waals surface area contributed by atoms with Crippen molar-refractivity contribution in [3.05, 3.63) is 12.2 Å². The minimum Gasteiger partial charge on any atom is -0.388 e. The molecule has 3 nitrogen and oxygen atoms in total. The summed E-state index contributed by atoms with van der Waals surface area (Å²) in [5, 5.41) is 9.95. The summed E-state index contributed by atoms with van der Waals surface area (Å²) in [4.78, 5) is 0. The summed E-state index contributed by atoms with van der Waals surface area (Å²) in [6.07, 6.45) is -0.132. The molecule has 0 saturated heterocycles. The zero-order valence-electron chi connectivity index (χ0n) is 10.3. The van der Waals surface area contributed by atoms with Crippen LogP contribution in [0, 0.1) is 5.92 Å². The second-order valence-corrected chi connectivity index (χ2v) is 3.65. The van der Waals surface area contributed by atoms with Crippen LogP contribution in [0.4, 0.5) is 0 Å². The molecular formula is C12H24O3. The fraction of sp³-hybridized carbons (Fsp3) is 0.833. The van der Waals surface area contributed by atoms with E-state index in [1.54, 1.807) is 0 Å². The maximum atomic E-state index is 9.95. The second-order valence-electron chi connectivity index (χ2n) is 3.65. The highest BCUT2D eigenvalue weighted by Crippen LogP contribution is 2.19. The van der Waals surface area contributed by atoms with Crippen LogP contribution in [0.1, 0.15) is 34.1 Å². The molecule has 0 aliphatic rings. The van der Waals surface area contributed by atoms with E-state index in [2.05, 4.69) is 6.58 Å². The van der Waals surface area contributed by atoms with Gasteiger partial charge in [0, 0.05) is 18.8 Å². The molecule has 0 rings (SSSR count). The number of ether oxygens (including phenoxy) is 2. The quantitative estimate of drug-likeness (QED) is 0.500. The summed E-state index contributed by atoms with van der Waals surface area (Å²) in [6, 6.07) is 0. The Balaban J connectivity index is 4.33. The smallest absolute Gasteiger partial charge is 0.181 e. The van der Waals surface area contributed by atoms with Crippen LogP contribution < -0.4 is 0 Å². The van der Waals surface area contributed by atoms with Crippen LogP contribution in [0.5, 0.6) is 0 Å². The molecule has 0 fully saturated rings. The highest BCUT2D eigenvalue weighted by Gasteiger charge is 2.23. The van der Waals surface area contributed by atoms with E-state index in [0.717, 1.165) is 6.42 Å². The first-order chi connectivity index (χ1) is 7.08. The Morgan fingerprint density at radius 3 is 2.00 bits per heavy atom. The van der Waals surface area contributed by atoms with Gasteiger partial charge in [-0.15, -0.1) is 0 Å². The summed E-state index contributed by atoms with van der Waals surface area (Å²) in [6.45, 7) is 12.8.